The first kappa shape index (κ1) is 13.6. The average Bonchev–Trinajstić information content (AvgIpc) is 2.95. The highest BCUT2D eigenvalue weighted by Crippen LogP contribution is 2.31. The number of hydrogen-bond donors (Lipinski definition) is 0. The standard InChI is InChI=1S/C17H16FN3/c1-12-9-14(6-7-20-12)13-4-5-17(16(18)10-13)21-8-2-3-15(21)11-19/h4-7,9-10,15H,2-3,8H2,1H3/t15-/m1/s1. The van der Waals surface area contributed by atoms with Crippen LogP contribution in [0.1, 0.15) is 18.5 Å². The molecule has 0 N–H and O–H groups in total. The van der Waals surface area contributed by atoms with Gasteiger partial charge >= 0.3 is 0 Å². The van der Waals surface area contributed by atoms with Gasteiger partial charge < -0.3 is 4.90 Å². The molecular weight excluding hydrogens is 265 g/mol. The van der Waals surface area contributed by atoms with E-state index in [-0.39, 0.29) is 11.9 Å². The van der Waals surface area contributed by atoms with Gasteiger partial charge in [0, 0.05) is 18.4 Å². The second kappa shape index (κ2) is 5.53. The smallest absolute Gasteiger partial charge is 0.147 e. The van der Waals surface area contributed by atoms with Gasteiger partial charge in [0.2, 0.25) is 0 Å². The molecule has 1 saturated heterocycles. The number of aromatic nitrogens is 1. The molecule has 3 nitrogen and oxygen atoms in total. The van der Waals surface area contributed by atoms with E-state index in [1.165, 1.54) is 6.07 Å². The van der Waals surface area contributed by atoms with Gasteiger partial charge in [0.25, 0.3) is 0 Å². The van der Waals surface area contributed by atoms with Crippen molar-refractivity contribution >= 4 is 5.69 Å². The van der Waals surface area contributed by atoms with Crippen molar-refractivity contribution in [3.05, 3.63) is 48.0 Å². The Kier molecular flexibility index (Phi) is 3.57. The van der Waals surface area contributed by atoms with Crippen LogP contribution in [0.15, 0.2) is 36.5 Å². The summed E-state index contributed by atoms with van der Waals surface area (Å²) in [5.74, 6) is -0.274. The summed E-state index contributed by atoms with van der Waals surface area (Å²) in [6.45, 7) is 2.65. The maximum absolute atomic E-state index is 14.4. The molecule has 106 valence electrons. The minimum Gasteiger partial charge on any atom is -0.353 e. The fourth-order valence-corrected chi connectivity index (χ4v) is 2.83. The van der Waals surface area contributed by atoms with Gasteiger partial charge in [-0.3, -0.25) is 4.98 Å². The van der Waals surface area contributed by atoms with Crippen molar-refractivity contribution in [2.75, 3.05) is 11.4 Å². The van der Waals surface area contributed by atoms with E-state index in [0.29, 0.717) is 5.69 Å². The van der Waals surface area contributed by atoms with Crippen LogP contribution in [-0.2, 0) is 0 Å². The number of halogens is 1. The molecule has 2 heterocycles. The van der Waals surface area contributed by atoms with Gasteiger partial charge in [-0.05, 0) is 55.2 Å². The molecule has 0 radical (unpaired) electrons. The molecule has 1 aliphatic rings. The fourth-order valence-electron chi connectivity index (χ4n) is 2.83. The highest BCUT2D eigenvalue weighted by Gasteiger charge is 2.26. The van der Waals surface area contributed by atoms with Gasteiger partial charge in [0.15, 0.2) is 0 Å². The van der Waals surface area contributed by atoms with Crippen LogP contribution in [0, 0.1) is 24.1 Å². The molecule has 1 aliphatic heterocycles. The number of nitriles is 1. The van der Waals surface area contributed by atoms with Crippen molar-refractivity contribution < 1.29 is 4.39 Å². The maximum Gasteiger partial charge on any atom is 0.147 e. The highest BCUT2D eigenvalue weighted by atomic mass is 19.1. The van der Waals surface area contributed by atoms with Gasteiger partial charge in [0.1, 0.15) is 11.9 Å². The molecule has 21 heavy (non-hydrogen) atoms. The van der Waals surface area contributed by atoms with Crippen LogP contribution >= 0.6 is 0 Å². The molecule has 0 aliphatic carbocycles. The molecule has 1 aromatic carbocycles. The predicted octanol–water partition coefficient (Wildman–Crippen LogP) is 3.69. The third-order valence-electron chi connectivity index (χ3n) is 3.89. The minimum absolute atomic E-state index is 0.214. The molecule has 0 bridgehead atoms. The SMILES string of the molecule is Cc1cc(-c2ccc(N3CCC[C@@H]3C#N)c(F)c2)ccn1. The van der Waals surface area contributed by atoms with Crippen LogP contribution in [0.4, 0.5) is 10.1 Å². The maximum atomic E-state index is 14.4. The molecule has 0 saturated carbocycles. The molecule has 4 heteroatoms. The van der Waals surface area contributed by atoms with Gasteiger partial charge in [-0.25, -0.2) is 4.39 Å². The third-order valence-corrected chi connectivity index (χ3v) is 3.89. The summed E-state index contributed by atoms with van der Waals surface area (Å²) < 4.78 is 14.4. The summed E-state index contributed by atoms with van der Waals surface area (Å²) in [6.07, 6.45) is 3.47. The Morgan fingerprint density at radius 3 is 2.81 bits per heavy atom. The van der Waals surface area contributed by atoms with Crippen LogP contribution in [0.5, 0.6) is 0 Å². The van der Waals surface area contributed by atoms with E-state index in [4.69, 9.17) is 5.26 Å². The third kappa shape index (κ3) is 2.59. The van der Waals surface area contributed by atoms with Crippen LogP contribution in [0.3, 0.4) is 0 Å². The van der Waals surface area contributed by atoms with Crippen molar-refractivity contribution in [2.24, 2.45) is 0 Å². The van der Waals surface area contributed by atoms with Crippen molar-refractivity contribution in [3.8, 4) is 17.2 Å². The topological polar surface area (TPSA) is 39.9 Å². The van der Waals surface area contributed by atoms with Crippen molar-refractivity contribution in [1.82, 2.24) is 4.98 Å². The Morgan fingerprint density at radius 2 is 2.10 bits per heavy atom. The van der Waals surface area contributed by atoms with Crippen molar-refractivity contribution in [3.63, 3.8) is 0 Å². The quantitative estimate of drug-likeness (QED) is 0.843. The summed E-state index contributed by atoms with van der Waals surface area (Å²) in [4.78, 5) is 6.01. The molecule has 1 fully saturated rings. The van der Waals surface area contributed by atoms with E-state index in [1.54, 1.807) is 12.3 Å². The van der Waals surface area contributed by atoms with Gasteiger partial charge in [-0.2, -0.15) is 5.26 Å². The molecule has 1 aromatic heterocycles. The Morgan fingerprint density at radius 1 is 1.29 bits per heavy atom. The second-order valence-corrected chi connectivity index (χ2v) is 5.33. The molecular formula is C17H16FN3. The molecule has 0 amide bonds. The molecule has 0 spiro atoms. The van der Waals surface area contributed by atoms with E-state index < -0.39 is 0 Å². The first-order chi connectivity index (χ1) is 10.2. The number of pyridine rings is 1. The summed E-state index contributed by atoms with van der Waals surface area (Å²) in [5.41, 5.74) is 3.20. The zero-order chi connectivity index (χ0) is 14.8. The average molecular weight is 281 g/mol. The highest BCUT2D eigenvalue weighted by molar-refractivity contribution is 5.67. The van der Waals surface area contributed by atoms with Crippen molar-refractivity contribution in [1.29, 1.82) is 5.26 Å². The van der Waals surface area contributed by atoms with Crippen LogP contribution < -0.4 is 4.90 Å². The van der Waals surface area contributed by atoms with Gasteiger partial charge in [-0.15, -0.1) is 0 Å². The van der Waals surface area contributed by atoms with E-state index >= 15 is 0 Å². The Balaban J connectivity index is 1.95. The zero-order valence-electron chi connectivity index (χ0n) is 11.9. The van der Waals surface area contributed by atoms with Crippen molar-refractivity contribution in [2.45, 2.75) is 25.8 Å². The number of aryl methyl sites for hydroxylation is 1. The molecule has 0 unspecified atom stereocenters. The van der Waals surface area contributed by atoms with E-state index in [0.717, 1.165) is 36.2 Å². The Labute approximate surface area is 123 Å². The van der Waals surface area contributed by atoms with Crippen LogP contribution in [0.2, 0.25) is 0 Å². The lowest BCUT2D eigenvalue weighted by molar-refractivity contribution is 0.619. The van der Waals surface area contributed by atoms with E-state index in [2.05, 4.69) is 11.1 Å². The summed E-state index contributed by atoms with van der Waals surface area (Å²) in [5, 5.41) is 9.13. The summed E-state index contributed by atoms with van der Waals surface area (Å²) >= 11 is 0. The summed E-state index contributed by atoms with van der Waals surface area (Å²) in [6, 6.07) is 11.0. The normalized spacial score (nSPS) is 17.8. The van der Waals surface area contributed by atoms with Gasteiger partial charge in [-0.1, -0.05) is 6.07 Å². The fraction of sp³-hybridized carbons (Fsp3) is 0.294. The Hall–Kier alpha value is -2.41. The second-order valence-electron chi connectivity index (χ2n) is 5.33. The minimum atomic E-state index is -0.274. The Bertz CT molecular complexity index is 705. The number of hydrogen-bond acceptors (Lipinski definition) is 3. The monoisotopic (exact) mass is 281 g/mol. The number of benzene rings is 1. The van der Waals surface area contributed by atoms with E-state index in [9.17, 15) is 4.39 Å². The first-order valence-electron chi connectivity index (χ1n) is 7.08. The molecule has 1 atom stereocenters. The predicted molar refractivity (Wildman–Crippen MR) is 80.3 cm³/mol. The number of anilines is 1. The van der Waals surface area contributed by atoms with Gasteiger partial charge in [0.05, 0.1) is 11.8 Å². The lowest BCUT2D eigenvalue weighted by Crippen LogP contribution is -2.28. The first-order valence-corrected chi connectivity index (χ1v) is 7.08. The van der Waals surface area contributed by atoms with E-state index in [1.807, 2.05) is 30.0 Å². The number of nitrogens with zero attached hydrogens (tertiary/aromatic N) is 3. The lowest BCUT2D eigenvalue weighted by atomic mass is 10.0. The molecule has 3 rings (SSSR count). The lowest BCUT2D eigenvalue weighted by Gasteiger charge is -2.22. The van der Waals surface area contributed by atoms with Crippen LogP contribution in [-0.4, -0.2) is 17.6 Å². The zero-order valence-corrected chi connectivity index (χ0v) is 11.9. The number of rotatable bonds is 2. The van der Waals surface area contributed by atoms with Crippen LogP contribution in [0.25, 0.3) is 11.1 Å². The molecule has 2 aromatic rings. The largest absolute Gasteiger partial charge is 0.353 e. The summed E-state index contributed by atoms with van der Waals surface area (Å²) in [7, 11) is 0.